The highest BCUT2D eigenvalue weighted by molar-refractivity contribution is 6.38. The second-order valence-corrected chi connectivity index (χ2v) is 7.78. The van der Waals surface area contributed by atoms with Gasteiger partial charge in [-0.2, -0.15) is 0 Å². The first-order valence-electron chi connectivity index (χ1n) is 10.4. The van der Waals surface area contributed by atoms with Crippen molar-refractivity contribution in [3.63, 3.8) is 0 Å². The fourth-order valence-electron chi connectivity index (χ4n) is 3.36. The molecule has 5 heteroatoms. The van der Waals surface area contributed by atoms with Gasteiger partial charge in [0.1, 0.15) is 6.04 Å². The number of nitrogens with one attached hydrogen (secondary N) is 1. The summed E-state index contributed by atoms with van der Waals surface area (Å²) in [6, 6.07) is 21.6. The Morgan fingerprint density at radius 2 is 1.53 bits per heavy atom. The first-order valence-corrected chi connectivity index (χ1v) is 10.4. The van der Waals surface area contributed by atoms with Crippen LogP contribution in [0, 0.1) is 13.8 Å². The molecule has 0 spiro atoms. The number of carbonyl (C=O) groups excluding carboxylic acids is 3. The van der Waals surface area contributed by atoms with E-state index in [1.165, 1.54) is 5.56 Å². The van der Waals surface area contributed by atoms with Crippen LogP contribution in [0.1, 0.15) is 38.2 Å². The molecule has 0 aliphatic carbocycles. The first-order chi connectivity index (χ1) is 15.3. The van der Waals surface area contributed by atoms with Crippen LogP contribution in [-0.4, -0.2) is 23.6 Å². The van der Waals surface area contributed by atoms with E-state index in [0.717, 1.165) is 16.7 Å². The normalized spacial score (nSPS) is 11.8. The van der Waals surface area contributed by atoms with Crippen LogP contribution in [0.25, 0.3) is 12.2 Å². The van der Waals surface area contributed by atoms with Crippen LogP contribution >= 0.6 is 0 Å². The zero-order valence-corrected chi connectivity index (χ0v) is 18.2. The summed E-state index contributed by atoms with van der Waals surface area (Å²) in [6.45, 7) is 3.97. The third-order valence-corrected chi connectivity index (χ3v) is 5.13. The fraction of sp³-hybridized carbons (Fsp3) is 0.148. The van der Waals surface area contributed by atoms with Gasteiger partial charge in [-0.25, -0.2) is 0 Å². The molecular formula is C27H26N2O3. The number of ketones is 1. The zero-order valence-electron chi connectivity index (χ0n) is 18.2. The van der Waals surface area contributed by atoms with Crippen molar-refractivity contribution in [2.24, 2.45) is 5.73 Å². The van der Waals surface area contributed by atoms with Gasteiger partial charge < -0.3 is 11.1 Å². The summed E-state index contributed by atoms with van der Waals surface area (Å²) in [4.78, 5) is 37.1. The predicted molar refractivity (Wildman–Crippen MR) is 127 cm³/mol. The summed E-state index contributed by atoms with van der Waals surface area (Å²) in [7, 11) is 0. The van der Waals surface area contributed by atoms with Crippen molar-refractivity contribution < 1.29 is 14.4 Å². The third kappa shape index (κ3) is 6.01. The Kier molecular flexibility index (Phi) is 7.34. The third-order valence-electron chi connectivity index (χ3n) is 5.13. The topological polar surface area (TPSA) is 89.3 Å². The fourth-order valence-corrected chi connectivity index (χ4v) is 3.36. The Balaban J connectivity index is 1.86. The second kappa shape index (κ2) is 10.4. The van der Waals surface area contributed by atoms with Crippen LogP contribution in [0.5, 0.6) is 0 Å². The molecule has 0 radical (unpaired) electrons. The molecule has 3 aromatic carbocycles. The first kappa shape index (κ1) is 22.7. The average molecular weight is 427 g/mol. The van der Waals surface area contributed by atoms with Gasteiger partial charge in [-0.3, -0.25) is 14.4 Å². The summed E-state index contributed by atoms with van der Waals surface area (Å²) in [6.07, 6.45) is 3.98. The lowest BCUT2D eigenvalue weighted by atomic mass is 9.99. The predicted octanol–water partition coefficient (Wildman–Crippen LogP) is 3.87. The number of aryl methyl sites for hydroxylation is 2. The van der Waals surface area contributed by atoms with Crippen molar-refractivity contribution in [2.45, 2.75) is 26.3 Å². The number of benzene rings is 3. The number of hydrogen-bond donors (Lipinski definition) is 2. The Morgan fingerprint density at radius 3 is 2.19 bits per heavy atom. The second-order valence-electron chi connectivity index (χ2n) is 7.78. The van der Waals surface area contributed by atoms with Crippen molar-refractivity contribution in [3.8, 4) is 0 Å². The van der Waals surface area contributed by atoms with Gasteiger partial charge in [0.25, 0.3) is 11.8 Å². The number of amides is 2. The number of Topliss-reactive ketones (excluding diaryl/α,β-unsaturated/α-hetero) is 1. The van der Waals surface area contributed by atoms with Crippen LogP contribution < -0.4 is 11.1 Å². The molecule has 0 aromatic heterocycles. The molecular weight excluding hydrogens is 400 g/mol. The number of hydrogen-bond acceptors (Lipinski definition) is 3. The Morgan fingerprint density at radius 1 is 0.875 bits per heavy atom. The number of nitrogens with two attached hydrogens (primary N) is 1. The standard InChI is InChI=1S/C27H26N2O3/c1-18-8-11-20(12-9-18)13-14-22-16-19(2)10-15-23(22)27(32)29-24(25(30)26(28)31)17-21-6-4-3-5-7-21/h3-16,24H,17H2,1-2H3,(H2,28,31)(H,29,32). The van der Waals surface area contributed by atoms with Gasteiger partial charge in [-0.15, -0.1) is 0 Å². The van der Waals surface area contributed by atoms with E-state index in [1.54, 1.807) is 6.07 Å². The molecule has 162 valence electrons. The number of primary amides is 1. The molecule has 3 aromatic rings. The van der Waals surface area contributed by atoms with E-state index in [1.807, 2.05) is 92.7 Å². The number of carbonyl (C=O) groups is 3. The monoisotopic (exact) mass is 426 g/mol. The van der Waals surface area contributed by atoms with Gasteiger partial charge in [-0.05, 0) is 36.6 Å². The largest absolute Gasteiger partial charge is 0.363 e. The smallest absolute Gasteiger partial charge is 0.287 e. The van der Waals surface area contributed by atoms with E-state index in [2.05, 4.69) is 5.32 Å². The maximum Gasteiger partial charge on any atom is 0.287 e. The van der Waals surface area contributed by atoms with E-state index in [0.29, 0.717) is 11.1 Å². The quantitative estimate of drug-likeness (QED) is 0.423. The maximum atomic E-state index is 13.1. The molecule has 1 atom stereocenters. The molecule has 0 bridgehead atoms. The van der Waals surface area contributed by atoms with E-state index in [4.69, 9.17) is 5.73 Å². The summed E-state index contributed by atoms with van der Waals surface area (Å²) in [5, 5.41) is 2.71. The lowest BCUT2D eigenvalue weighted by Gasteiger charge is -2.17. The molecule has 1 unspecified atom stereocenters. The molecule has 32 heavy (non-hydrogen) atoms. The summed E-state index contributed by atoms with van der Waals surface area (Å²) >= 11 is 0. The molecule has 3 N–H and O–H groups in total. The van der Waals surface area contributed by atoms with Gasteiger partial charge >= 0.3 is 0 Å². The zero-order chi connectivity index (χ0) is 23.1. The molecule has 0 saturated carbocycles. The molecule has 3 rings (SSSR count). The van der Waals surface area contributed by atoms with E-state index in [-0.39, 0.29) is 6.42 Å². The van der Waals surface area contributed by atoms with Crippen LogP contribution in [0.15, 0.2) is 72.8 Å². The highest BCUT2D eigenvalue weighted by Crippen LogP contribution is 2.17. The maximum absolute atomic E-state index is 13.1. The summed E-state index contributed by atoms with van der Waals surface area (Å²) in [5.74, 6) is -2.34. The molecule has 0 saturated heterocycles. The van der Waals surface area contributed by atoms with Crippen molar-refractivity contribution in [3.05, 3.63) is 106 Å². The average Bonchev–Trinajstić information content (AvgIpc) is 2.78. The van der Waals surface area contributed by atoms with Crippen molar-refractivity contribution in [2.75, 3.05) is 0 Å². The van der Waals surface area contributed by atoms with E-state index in [9.17, 15) is 14.4 Å². The molecule has 0 heterocycles. The highest BCUT2D eigenvalue weighted by Gasteiger charge is 2.26. The molecule has 2 amide bonds. The van der Waals surface area contributed by atoms with Crippen LogP contribution in [0.4, 0.5) is 0 Å². The van der Waals surface area contributed by atoms with Crippen molar-refractivity contribution in [1.82, 2.24) is 5.32 Å². The summed E-state index contributed by atoms with van der Waals surface area (Å²) < 4.78 is 0. The van der Waals surface area contributed by atoms with Crippen molar-refractivity contribution >= 4 is 29.7 Å². The lowest BCUT2D eigenvalue weighted by molar-refractivity contribution is -0.137. The van der Waals surface area contributed by atoms with E-state index < -0.39 is 23.6 Å². The van der Waals surface area contributed by atoms with Crippen LogP contribution in [-0.2, 0) is 16.0 Å². The van der Waals surface area contributed by atoms with Gasteiger partial charge in [0.15, 0.2) is 0 Å². The summed E-state index contributed by atoms with van der Waals surface area (Å²) in [5.41, 5.74) is 10.3. The van der Waals surface area contributed by atoms with Crippen LogP contribution in [0.2, 0.25) is 0 Å². The SMILES string of the molecule is Cc1ccc(C=Cc2cc(C)ccc2C(=O)NC(Cc2ccccc2)C(=O)C(N)=O)cc1. The number of rotatable bonds is 8. The van der Waals surface area contributed by atoms with Gasteiger partial charge in [-0.1, -0.05) is 90.0 Å². The lowest BCUT2D eigenvalue weighted by Crippen LogP contribution is -2.47. The van der Waals surface area contributed by atoms with Gasteiger partial charge in [0.2, 0.25) is 5.78 Å². The van der Waals surface area contributed by atoms with E-state index >= 15 is 0 Å². The van der Waals surface area contributed by atoms with Crippen molar-refractivity contribution in [1.29, 1.82) is 0 Å². The Hall–Kier alpha value is -3.99. The molecule has 0 aliphatic heterocycles. The minimum absolute atomic E-state index is 0.175. The molecule has 0 aliphatic rings. The minimum Gasteiger partial charge on any atom is -0.363 e. The van der Waals surface area contributed by atoms with Gasteiger partial charge in [0, 0.05) is 12.0 Å². The molecule has 5 nitrogen and oxygen atoms in total. The Labute approximate surface area is 188 Å². The highest BCUT2D eigenvalue weighted by atomic mass is 16.2. The molecule has 0 fully saturated rings. The van der Waals surface area contributed by atoms with Crippen LogP contribution in [0.3, 0.4) is 0 Å². The Bertz CT molecular complexity index is 1150. The van der Waals surface area contributed by atoms with Gasteiger partial charge in [0.05, 0.1) is 0 Å². The minimum atomic E-state index is -1.07.